The topological polar surface area (TPSA) is 88.4 Å². The summed E-state index contributed by atoms with van der Waals surface area (Å²) in [5.41, 5.74) is 0.512. The zero-order valence-corrected chi connectivity index (χ0v) is 13.1. The van der Waals surface area contributed by atoms with Crippen molar-refractivity contribution in [3.8, 4) is 6.07 Å². The van der Waals surface area contributed by atoms with Crippen molar-refractivity contribution in [2.75, 3.05) is 13.7 Å². The van der Waals surface area contributed by atoms with E-state index in [0.29, 0.717) is 25.0 Å². The molecular formula is C17H20N2O4. The Kier molecular flexibility index (Phi) is 5.72. The van der Waals surface area contributed by atoms with Crippen LogP contribution in [0.15, 0.2) is 24.3 Å². The molecule has 1 N–H and O–H groups in total. The van der Waals surface area contributed by atoms with Crippen LogP contribution in [0.3, 0.4) is 0 Å². The predicted molar refractivity (Wildman–Crippen MR) is 82.4 cm³/mol. The van der Waals surface area contributed by atoms with E-state index in [9.17, 15) is 14.9 Å². The molecule has 0 aromatic heterocycles. The minimum absolute atomic E-state index is 0.369. The lowest BCUT2D eigenvalue weighted by Crippen LogP contribution is -2.46. The van der Waals surface area contributed by atoms with Crippen LogP contribution < -0.4 is 5.32 Å². The average Bonchev–Trinajstić information content (AvgIpc) is 3.02. The number of hydrogen-bond acceptors (Lipinski definition) is 5. The standard InChI is InChI=1S/C17H20N2O4/c1-22-10-13-4-6-14(7-5-13)16(21)23-11-15(20)19-17(12-18)8-2-3-9-17/h4-7H,2-3,8-11H2,1H3,(H,19,20). The number of methoxy groups -OCH3 is 1. The second-order valence-electron chi connectivity index (χ2n) is 5.66. The van der Waals surface area contributed by atoms with E-state index < -0.39 is 17.4 Å². The normalized spacial score (nSPS) is 15.7. The summed E-state index contributed by atoms with van der Waals surface area (Å²) in [7, 11) is 1.60. The first-order chi connectivity index (χ1) is 11.1. The lowest BCUT2D eigenvalue weighted by Gasteiger charge is -2.21. The molecule has 0 bridgehead atoms. The summed E-state index contributed by atoms with van der Waals surface area (Å²) in [4.78, 5) is 23.8. The van der Waals surface area contributed by atoms with Gasteiger partial charge in [0.25, 0.3) is 5.91 Å². The molecule has 0 heterocycles. The van der Waals surface area contributed by atoms with Crippen LogP contribution in [0.1, 0.15) is 41.6 Å². The van der Waals surface area contributed by atoms with Crippen LogP contribution >= 0.6 is 0 Å². The van der Waals surface area contributed by atoms with E-state index in [-0.39, 0.29) is 6.61 Å². The number of amides is 1. The first-order valence-corrected chi connectivity index (χ1v) is 7.56. The van der Waals surface area contributed by atoms with Gasteiger partial charge in [0, 0.05) is 7.11 Å². The van der Waals surface area contributed by atoms with Crippen LogP contribution in [0.5, 0.6) is 0 Å². The van der Waals surface area contributed by atoms with E-state index in [2.05, 4.69) is 11.4 Å². The van der Waals surface area contributed by atoms with Crippen molar-refractivity contribution in [1.82, 2.24) is 5.32 Å². The fourth-order valence-corrected chi connectivity index (χ4v) is 2.66. The second-order valence-corrected chi connectivity index (χ2v) is 5.66. The molecule has 0 atom stereocenters. The summed E-state index contributed by atoms with van der Waals surface area (Å²) < 4.78 is 9.99. The summed E-state index contributed by atoms with van der Waals surface area (Å²) in [6.07, 6.45) is 3.12. The Balaban J connectivity index is 1.84. The van der Waals surface area contributed by atoms with Gasteiger partial charge in [0.05, 0.1) is 18.2 Å². The van der Waals surface area contributed by atoms with Gasteiger partial charge in [-0.1, -0.05) is 12.1 Å². The summed E-state index contributed by atoms with van der Waals surface area (Å²) >= 11 is 0. The van der Waals surface area contributed by atoms with E-state index in [1.54, 1.807) is 31.4 Å². The number of nitriles is 1. The number of hydrogen-bond donors (Lipinski definition) is 1. The van der Waals surface area contributed by atoms with E-state index in [1.807, 2.05) is 0 Å². The molecule has 1 fully saturated rings. The molecule has 6 nitrogen and oxygen atoms in total. The Morgan fingerprint density at radius 3 is 2.48 bits per heavy atom. The summed E-state index contributed by atoms with van der Waals surface area (Å²) in [6.45, 7) is 0.0794. The minimum Gasteiger partial charge on any atom is -0.452 e. The molecule has 0 spiro atoms. The van der Waals surface area contributed by atoms with E-state index in [1.165, 1.54) is 0 Å². The highest BCUT2D eigenvalue weighted by Gasteiger charge is 2.35. The highest BCUT2D eigenvalue weighted by atomic mass is 16.5. The Labute approximate surface area is 135 Å². The van der Waals surface area contributed by atoms with Crippen molar-refractivity contribution < 1.29 is 19.1 Å². The monoisotopic (exact) mass is 316 g/mol. The number of nitrogens with one attached hydrogen (secondary N) is 1. The largest absolute Gasteiger partial charge is 0.452 e. The van der Waals surface area contributed by atoms with Crippen molar-refractivity contribution in [3.05, 3.63) is 35.4 Å². The highest BCUT2D eigenvalue weighted by Crippen LogP contribution is 2.28. The molecule has 1 aromatic carbocycles. The van der Waals surface area contributed by atoms with E-state index in [0.717, 1.165) is 18.4 Å². The van der Waals surface area contributed by atoms with Crippen molar-refractivity contribution >= 4 is 11.9 Å². The SMILES string of the molecule is COCc1ccc(C(=O)OCC(=O)NC2(C#N)CCCC2)cc1. The lowest BCUT2D eigenvalue weighted by molar-refractivity contribution is -0.125. The van der Waals surface area contributed by atoms with Gasteiger partial charge in [-0.15, -0.1) is 0 Å². The zero-order chi connectivity index (χ0) is 16.7. The van der Waals surface area contributed by atoms with Crippen LogP contribution in [-0.4, -0.2) is 31.1 Å². The molecule has 1 amide bonds. The van der Waals surface area contributed by atoms with Crippen molar-refractivity contribution in [1.29, 1.82) is 5.26 Å². The second kappa shape index (κ2) is 7.75. The molecule has 1 saturated carbocycles. The molecule has 0 radical (unpaired) electrons. The highest BCUT2D eigenvalue weighted by molar-refractivity contribution is 5.91. The maximum absolute atomic E-state index is 11.9. The molecule has 122 valence electrons. The van der Waals surface area contributed by atoms with Gasteiger partial charge in [0.1, 0.15) is 5.54 Å². The van der Waals surface area contributed by atoms with Crippen LogP contribution in [-0.2, 0) is 20.9 Å². The maximum Gasteiger partial charge on any atom is 0.338 e. The molecular weight excluding hydrogens is 296 g/mol. The van der Waals surface area contributed by atoms with Crippen molar-refractivity contribution in [3.63, 3.8) is 0 Å². The van der Waals surface area contributed by atoms with Gasteiger partial charge < -0.3 is 14.8 Å². The van der Waals surface area contributed by atoms with Crippen molar-refractivity contribution in [2.45, 2.75) is 37.8 Å². The number of rotatable bonds is 6. The fourth-order valence-electron chi connectivity index (χ4n) is 2.66. The Bertz CT molecular complexity index is 598. The van der Waals surface area contributed by atoms with E-state index in [4.69, 9.17) is 9.47 Å². The number of benzene rings is 1. The van der Waals surface area contributed by atoms with Gasteiger partial charge in [-0.2, -0.15) is 5.26 Å². The number of carbonyl (C=O) groups is 2. The summed E-state index contributed by atoms with van der Waals surface area (Å²) in [6, 6.07) is 8.95. The molecule has 1 aliphatic carbocycles. The average molecular weight is 316 g/mol. The maximum atomic E-state index is 11.9. The van der Waals surface area contributed by atoms with Crippen LogP contribution in [0.25, 0.3) is 0 Å². The molecule has 1 aliphatic rings. The molecule has 1 aromatic rings. The molecule has 0 unspecified atom stereocenters. The number of carbonyl (C=O) groups excluding carboxylic acids is 2. The van der Waals surface area contributed by atoms with Gasteiger partial charge in [-0.05, 0) is 43.4 Å². The smallest absolute Gasteiger partial charge is 0.338 e. The molecule has 2 rings (SSSR count). The van der Waals surface area contributed by atoms with Gasteiger partial charge in [0.2, 0.25) is 0 Å². The van der Waals surface area contributed by atoms with Gasteiger partial charge in [-0.3, -0.25) is 4.79 Å². The first-order valence-electron chi connectivity index (χ1n) is 7.56. The minimum atomic E-state index is -0.800. The summed E-state index contributed by atoms with van der Waals surface area (Å²) in [5, 5.41) is 11.9. The number of ether oxygens (including phenoxy) is 2. The third-order valence-electron chi connectivity index (χ3n) is 3.88. The fraction of sp³-hybridized carbons (Fsp3) is 0.471. The molecule has 0 saturated heterocycles. The zero-order valence-electron chi connectivity index (χ0n) is 13.1. The van der Waals surface area contributed by atoms with Gasteiger partial charge >= 0.3 is 5.97 Å². The molecule has 23 heavy (non-hydrogen) atoms. The van der Waals surface area contributed by atoms with E-state index >= 15 is 0 Å². The molecule has 0 aliphatic heterocycles. The Morgan fingerprint density at radius 1 is 1.26 bits per heavy atom. The van der Waals surface area contributed by atoms with Gasteiger partial charge in [-0.25, -0.2) is 4.79 Å². The summed E-state index contributed by atoms with van der Waals surface area (Å²) in [5.74, 6) is -1.01. The first kappa shape index (κ1) is 17.0. The lowest BCUT2D eigenvalue weighted by atomic mass is 10.00. The van der Waals surface area contributed by atoms with Gasteiger partial charge in [0.15, 0.2) is 6.61 Å². The van der Waals surface area contributed by atoms with Crippen LogP contribution in [0, 0.1) is 11.3 Å². The Morgan fingerprint density at radius 2 is 1.91 bits per heavy atom. The van der Waals surface area contributed by atoms with Crippen molar-refractivity contribution in [2.24, 2.45) is 0 Å². The number of esters is 1. The quantitative estimate of drug-likeness (QED) is 0.810. The molecule has 6 heteroatoms. The third kappa shape index (κ3) is 4.54. The number of nitrogens with zero attached hydrogens (tertiary/aromatic N) is 1. The predicted octanol–water partition coefficient (Wildman–Crippen LogP) is 1.94. The van der Waals surface area contributed by atoms with Crippen LogP contribution in [0.2, 0.25) is 0 Å². The Hall–Kier alpha value is -2.39. The third-order valence-corrected chi connectivity index (χ3v) is 3.88. The van der Waals surface area contributed by atoms with Crippen LogP contribution in [0.4, 0.5) is 0 Å².